The summed E-state index contributed by atoms with van der Waals surface area (Å²) in [6.45, 7) is 4.20. The molecule has 2 aromatic carbocycles. The molecule has 0 unspecified atom stereocenters. The number of nitriles is 1. The second-order valence-corrected chi connectivity index (χ2v) is 9.17. The van der Waals surface area contributed by atoms with Gasteiger partial charge in [0.15, 0.2) is 11.6 Å². The molecule has 6 nitrogen and oxygen atoms in total. The molecule has 0 spiro atoms. The summed E-state index contributed by atoms with van der Waals surface area (Å²) >= 11 is 0. The summed E-state index contributed by atoms with van der Waals surface area (Å²) in [6.07, 6.45) is 1.11. The van der Waals surface area contributed by atoms with Gasteiger partial charge in [-0.15, -0.1) is 0 Å². The van der Waals surface area contributed by atoms with Gasteiger partial charge >= 0.3 is 0 Å². The van der Waals surface area contributed by atoms with Crippen LogP contribution in [0.1, 0.15) is 43.7 Å². The Kier molecular flexibility index (Phi) is 4.45. The molecule has 0 fully saturated rings. The highest BCUT2D eigenvalue weighted by molar-refractivity contribution is 6.08. The number of amidine groups is 1. The average Bonchev–Trinajstić information content (AvgIpc) is 2.77. The maximum atomic E-state index is 13.6. The Morgan fingerprint density at radius 3 is 2.62 bits per heavy atom. The van der Waals surface area contributed by atoms with E-state index in [9.17, 15) is 10.1 Å². The molecule has 6 heteroatoms. The van der Waals surface area contributed by atoms with Crippen LogP contribution in [0.15, 0.2) is 76.2 Å². The number of nitrogens with two attached hydrogens (primary N) is 1. The molecule has 0 bridgehead atoms. The number of ketones is 1. The zero-order valence-corrected chi connectivity index (χ0v) is 18.3. The van der Waals surface area contributed by atoms with E-state index >= 15 is 0 Å². The van der Waals surface area contributed by atoms with Crippen molar-refractivity contribution in [1.82, 2.24) is 0 Å². The number of methoxy groups -OCH3 is 1. The van der Waals surface area contributed by atoms with Gasteiger partial charge in [-0.3, -0.25) is 9.69 Å². The van der Waals surface area contributed by atoms with Crippen LogP contribution in [0.25, 0.3) is 0 Å². The van der Waals surface area contributed by atoms with Crippen molar-refractivity contribution in [1.29, 1.82) is 5.26 Å². The van der Waals surface area contributed by atoms with Gasteiger partial charge in [0.2, 0.25) is 0 Å². The lowest BCUT2D eigenvalue weighted by atomic mass is 9.68. The molecule has 3 aliphatic rings. The molecular formula is C26H24N4O2. The largest absolute Gasteiger partial charge is 0.496 e. The van der Waals surface area contributed by atoms with E-state index in [-0.39, 0.29) is 11.2 Å². The van der Waals surface area contributed by atoms with E-state index in [0.29, 0.717) is 41.4 Å². The van der Waals surface area contributed by atoms with Crippen LogP contribution in [0, 0.1) is 16.7 Å². The number of para-hydroxylation sites is 2. The molecule has 32 heavy (non-hydrogen) atoms. The van der Waals surface area contributed by atoms with E-state index in [1.807, 2.05) is 53.4 Å². The van der Waals surface area contributed by atoms with Crippen LogP contribution in [-0.4, -0.2) is 18.7 Å². The van der Waals surface area contributed by atoms with Gasteiger partial charge in [0.25, 0.3) is 0 Å². The Bertz CT molecular complexity index is 1290. The third-order valence-corrected chi connectivity index (χ3v) is 6.41. The average molecular weight is 425 g/mol. The molecule has 0 aromatic heterocycles. The molecule has 0 saturated carbocycles. The fourth-order valence-electron chi connectivity index (χ4n) is 5.11. The summed E-state index contributed by atoms with van der Waals surface area (Å²) in [4.78, 5) is 20.3. The molecule has 1 atom stereocenters. The van der Waals surface area contributed by atoms with Crippen molar-refractivity contribution >= 4 is 17.3 Å². The van der Waals surface area contributed by atoms with Crippen molar-refractivity contribution in [2.75, 3.05) is 12.0 Å². The number of carbonyl (C=O) groups is 1. The molecule has 1 aliphatic carbocycles. The first kappa shape index (κ1) is 20.1. The minimum Gasteiger partial charge on any atom is -0.496 e. The predicted octanol–water partition coefficient (Wildman–Crippen LogP) is 4.40. The zero-order chi connectivity index (χ0) is 22.6. The van der Waals surface area contributed by atoms with Gasteiger partial charge < -0.3 is 10.5 Å². The Balaban J connectivity index is 1.87. The predicted molar refractivity (Wildman–Crippen MR) is 123 cm³/mol. The summed E-state index contributed by atoms with van der Waals surface area (Å²) in [5, 5.41) is 10.3. The SMILES string of the molecule is COc1ccccc1[C@@H]1C(C#N)=C2N=C(N)c3ccccc3N2C2=C1C(=O)CC(C)(C)C2. The number of allylic oxidation sites excluding steroid dienone is 3. The maximum absolute atomic E-state index is 13.6. The zero-order valence-electron chi connectivity index (χ0n) is 18.3. The van der Waals surface area contributed by atoms with Crippen molar-refractivity contribution in [3.05, 3.63) is 82.3 Å². The fraction of sp³-hybridized carbons (Fsp3) is 0.269. The maximum Gasteiger partial charge on any atom is 0.162 e. The van der Waals surface area contributed by atoms with E-state index in [2.05, 4.69) is 24.9 Å². The number of Topliss-reactive ketones (excluding diaryl/α,β-unsaturated/α-hetero) is 1. The number of ether oxygens (including phenoxy) is 1. The number of nitrogens with zero attached hydrogens (tertiary/aromatic N) is 3. The first-order valence-corrected chi connectivity index (χ1v) is 10.6. The van der Waals surface area contributed by atoms with E-state index in [4.69, 9.17) is 10.5 Å². The first-order chi connectivity index (χ1) is 15.4. The van der Waals surface area contributed by atoms with E-state index in [1.165, 1.54) is 0 Å². The van der Waals surface area contributed by atoms with Gasteiger partial charge in [-0.25, -0.2) is 4.99 Å². The standard InChI is InChI=1S/C26H24N4O2/c1-26(2)12-19-23(20(31)13-26)22(16-9-5-7-11-21(16)32-3)17(14-27)25-29-24(28)15-8-4-6-10-18(15)30(19)25/h4-11,22H,12-13H2,1-3H3,(H2,28,29)/t22-/m1/s1. The number of rotatable bonds is 2. The third kappa shape index (κ3) is 2.85. The number of carbonyl (C=O) groups excluding carboxylic acids is 1. The third-order valence-electron chi connectivity index (χ3n) is 6.41. The van der Waals surface area contributed by atoms with E-state index in [1.54, 1.807) is 7.11 Å². The number of fused-ring (bicyclic) bond motifs is 4. The Morgan fingerprint density at radius 2 is 1.88 bits per heavy atom. The topological polar surface area (TPSA) is 91.7 Å². The second kappa shape index (κ2) is 7.10. The smallest absolute Gasteiger partial charge is 0.162 e. The van der Waals surface area contributed by atoms with Gasteiger partial charge in [-0.1, -0.05) is 44.2 Å². The van der Waals surface area contributed by atoms with E-state index in [0.717, 1.165) is 22.5 Å². The monoisotopic (exact) mass is 424 g/mol. The summed E-state index contributed by atoms with van der Waals surface area (Å²) < 4.78 is 5.62. The van der Waals surface area contributed by atoms with Crippen LogP contribution in [0.4, 0.5) is 5.69 Å². The van der Waals surface area contributed by atoms with Crippen LogP contribution in [0.2, 0.25) is 0 Å². The van der Waals surface area contributed by atoms with Crippen LogP contribution >= 0.6 is 0 Å². The first-order valence-electron chi connectivity index (χ1n) is 10.6. The number of anilines is 1. The summed E-state index contributed by atoms with van der Waals surface area (Å²) in [5.74, 6) is 0.992. The van der Waals surface area contributed by atoms with Crippen LogP contribution in [0.5, 0.6) is 5.75 Å². The van der Waals surface area contributed by atoms with Crippen molar-refractivity contribution in [3.63, 3.8) is 0 Å². The van der Waals surface area contributed by atoms with Crippen molar-refractivity contribution in [2.24, 2.45) is 16.1 Å². The summed E-state index contributed by atoms with van der Waals surface area (Å²) in [6, 6.07) is 17.6. The highest BCUT2D eigenvalue weighted by atomic mass is 16.5. The normalized spacial score (nSPS) is 21.3. The number of hydrogen-bond donors (Lipinski definition) is 1. The Labute approximate surface area is 187 Å². The van der Waals surface area contributed by atoms with Crippen molar-refractivity contribution in [2.45, 2.75) is 32.6 Å². The lowest BCUT2D eigenvalue weighted by Crippen LogP contribution is -2.42. The van der Waals surface area contributed by atoms with Crippen LogP contribution in [0.3, 0.4) is 0 Å². The van der Waals surface area contributed by atoms with Gasteiger partial charge in [-0.2, -0.15) is 5.26 Å². The van der Waals surface area contributed by atoms with Gasteiger partial charge in [0, 0.05) is 28.8 Å². The minimum atomic E-state index is -0.553. The van der Waals surface area contributed by atoms with Gasteiger partial charge in [-0.05, 0) is 30.0 Å². The van der Waals surface area contributed by atoms with Crippen LogP contribution < -0.4 is 15.4 Å². The van der Waals surface area contributed by atoms with Crippen molar-refractivity contribution in [3.8, 4) is 11.8 Å². The molecule has 2 N–H and O–H groups in total. The molecular weight excluding hydrogens is 400 g/mol. The number of aliphatic imine (C=N–C) groups is 1. The Morgan fingerprint density at radius 1 is 1.16 bits per heavy atom. The quantitative estimate of drug-likeness (QED) is 0.772. The second-order valence-electron chi connectivity index (χ2n) is 9.17. The molecule has 160 valence electrons. The number of hydrogen-bond acceptors (Lipinski definition) is 6. The minimum absolute atomic E-state index is 0.0546. The van der Waals surface area contributed by atoms with E-state index < -0.39 is 5.92 Å². The van der Waals surface area contributed by atoms with Crippen LogP contribution in [-0.2, 0) is 4.79 Å². The summed E-state index contributed by atoms with van der Waals surface area (Å²) in [5.41, 5.74) is 10.5. The van der Waals surface area contributed by atoms with Crippen molar-refractivity contribution < 1.29 is 9.53 Å². The molecule has 2 aromatic rings. The molecule has 5 rings (SSSR count). The molecule has 0 saturated heterocycles. The van der Waals surface area contributed by atoms with Gasteiger partial charge in [0.05, 0.1) is 30.4 Å². The fourth-order valence-corrected chi connectivity index (χ4v) is 5.11. The highest BCUT2D eigenvalue weighted by Crippen LogP contribution is 2.53. The lowest BCUT2D eigenvalue weighted by molar-refractivity contribution is -0.118. The molecule has 0 radical (unpaired) electrons. The molecule has 2 aliphatic heterocycles. The lowest BCUT2D eigenvalue weighted by Gasteiger charge is -2.45. The highest BCUT2D eigenvalue weighted by Gasteiger charge is 2.47. The number of benzene rings is 2. The molecule has 0 amide bonds. The van der Waals surface area contributed by atoms with Gasteiger partial charge in [0.1, 0.15) is 11.6 Å². The molecule has 2 heterocycles. The Hall–Kier alpha value is -3.85. The summed E-state index contributed by atoms with van der Waals surface area (Å²) in [7, 11) is 1.60.